The van der Waals surface area contributed by atoms with E-state index in [1.54, 1.807) is 48.5 Å². The van der Waals surface area contributed by atoms with Crippen molar-refractivity contribution in [2.24, 2.45) is 0 Å². The fraction of sp³-hybridized carbons (Fsp3) is 0.133. The van der Waals surface area contributed by atoms with Crippen LogP contribution in [-0.4, -0.2) is 20.6 Å². The van der Waals surface area contributed by atoms with Crippen molar-refractivity contribution >= 4 is 33.0 Å². The molecule has 2 aromatic carbocycles. The molecular weight excluding hydrogens is 310 g/mol. The van der Waals surface area contributed by atoms with Gasteiger partial charge in [-0.05, 0) is 29.8 Å². The minimum absolute atomic E-state index is 0.0422. The van der Waals surface area contributed by atoms with Gasteiger partial charge in [-0.1, -0.05) is 35.9 Å². The third kappa shape index (κ3) is 4.58. The highest BCUT2D eigenvalue weighted by atomic mass is 35.5. The Labute approximate surface area is 128 Å². The van der Waals surface area contributed by atoms with Crippen LogP contribution in [0.25, 0.3) is 0 Å². The van der Waals surface area contributed by atoms with E-state index in [0.29, 0.717) is 21.8 Å². The Morgan fingerprint density at radius 2 is 1.71 bits per heavy atom. The van der Waals surface area contributed by atoms with Gasteiger partial charge in [0.1, 0.15) is 0 Å². The van der Waals surface area contributed by atoms with Crippen LogP contribution in [0.3, 0.4) is 0 Å². The van der Waals surface area contributed by atoms with Crippen molar-refractivity contribution in [1.29, 1.82) is 0 Å². The number of nitrogens with one attached hydrogen (secondary N) is 1. The van der Waals surface area contributed by atoms with E-state index in [9.17, 15) is 13.2 Å². The Morgan fingerprint density at radius 1 is 1.10 bits per heavy atom. The minimum atomic E-state index is -3.08. The summed E-state index contributed by atoms with van der Waals surface area (Å²) < 4.78 is 22.4. The zero-order valence-electron chi connectivity index (χ0n) is 11.3. The number of anilines is 1. The zero-order chi connectivity index (χ0) is 15.5. The maximum Gasteiger partial charge on any atom is 0.255 e. The number of para-hydroxylation sites is 1. The van der Waals surface area contributed by atoms with E-state index in [1.165, 1.54) is 6.26 Å². The summed E-state index contributed by atoms with van der Waals surface area (Å²) >= 11 is 5.97. The molecule has 21 heavy (non-hydrogen) atoms. The molecule has 0 radical (unpaired) electrons. The molecule has 0 aliphatic heterocycles. The van der Waals surface area contributed by atoms with Gasteiger partial charge in [-0.2, -0.15) is 0 Å². The largest absolute Gasteiger partial charge is 0.321 e. The molecule has 6 heteroatoms. The van der Waals surface area contributed by atoms with Gasteiger partial charge in [0.2, 0.25) is 0 Å². The second-order valence-electron chi connectivity index (χ2n) is 4.70. The molecule has 4 nitrogen and oxygen atoms in total. The van der Waals surface area contributed by atoms with E-state index in [1.807, 2.05) is 0 Å². The quantitative estimate of drug-likeness (QED) is 0.940. The molecule has 0 saturated carbocycles. The van der Waals surface area contributed by atoms with Gasteiger partial charge >= 0.3 is 0 Å². The van der Waals surface area contributed by atoms with Crippen LogP contribution < -0.4 is 5.32 Å². The van der Waals surface area contributed by atoms with Crippen LogP contribution >= 0.6 is 11.6 Å². The molecule has 2 rings (SSSR count). The lowest BCUT2D eigenvalue weighted by Gasteiger charge is -2.07. The van der Waals surface area contributed by atoms with Crippen LogP contribution in [0, 0.1) is 0 Å². The summed E-state index contributed by atoms with van der Waals surface area (Å²) in [6.07, 6.45) is 1.17. The maximum absolute atomic E-state index is 12.1. The van der Waals surface area contributed by atoms with E-state index in [-0.39, 0.29) is 11.7 Å². The summed E-state index contributed by atoms with van der Waals surface area (Å²) in [5, 5.41) is 3.16. The zero-order valence-corrected chi connectivity index (χ0v) is 12.9. The summed E-state index contributed by atoms with van der Waals surface area (Å²) in [7, 11) is -3.08. The molecule has 0 heterocycles. The number of benzene rings is 2. The van der Waals surface area contributed by atoms with Crippen LogP contribution in [0.2, 0.25) is 5.02 Å². The monoisotopic (exact) mass is 323 g/mol. The molecule has 0 aliphatic carbocycles. The van der Waals surface area contributed by atoms with Gasteiger partial charge in [0, 0.05) is 11.8 Å². The maximum atomic E-state index is 12.1. The predicted octanol–water partition coefficient (Wildman–Crippen LogP) is 3.14. The lowest BCUT2D eigenvalue weighted by Crippen LogP contribution is -2.12. The van der Waals surface area contributed by atoms with Crippen LogP contribution in [0.1, 0.15) is 15.9 Å². The smallest absolute Gasteiger partial charge is 0.255 e. The number of rotatable bonds is 4. The van der Waals surface area contributed by atoms with E-state index in [4.69, 9.17) is 11.6 Å². The third-order valence-corrected chi connectivity index (χ3v) is 3.95. The molecular formula is C15H14ClNO3S. The van der Waals surface area contributed by atoms with Crippen LogP contribution in [0.5, 0.6) is 0 Å². The van der Waals surface area contributed by atoms with Gasteiger partial charge in [0.25, 0.3) is 5.91 Å². The van der Waals surface area contributed by atoms with Crippen molar-refractivity contribution < 1.29 is 13.2 Å². The van der Waals surface area contributed by atoms with Gasteiger partial charge in [0.15, 0.2) is 9.84 Å². The van der Waals surface area contributed by atoms with Crippen LogP contribution in [0.4, 0.5) is 5.69 Å². The average molecular weight is 324 g/mol. The Bertz CT molecular complexity index is 755. The first-order chi connectivity index (χ1) is 9.85. The summed E-state index contributed by atoms with van der Waals surface area (Å²) in [6, 6.07) is 13.4. The second kappa shape index (κ2) is 6.28. The van der Waals surface area contributed by atoms with Gasteiger partial charge in [0.05, 0.1) is 16.5 Å². The number of amides is 1. The number of hydrogen-bond donors (Lipinski definition) is 1. The van der Waals surface area contributed by atoms with E-state index >= 15 is 0 Å². The number of carbonyl (C=O) groups excluding carboxylic acids is 1. The highest BCUT2D eigenvalue weighted by Gasteiger charge is 2.09. The van der Waals surface area contributed by atoms with Gasteiger partial charge in [-0.25, -0.2) is 8.42 Å². The van der Waals surface area contributed by atoms with Crippen molar-refractivity contribution in [2.75, 3.05) is 11.6 Å². The minimum Gasteiger partial charge on any atom is -0.321 e. The second-order valence-corrected chi connectivity index (χ2v) is 7.25. The molecule has 0 aromatic heterocycles. The number of halogens is 1. The Hall–Kier alpha value is -1.85. The molecule has 0 atom stereocenters. The van der Waals surface area contributed by atoms with Crippen molar-refractivity contribution in [2.45, 2.75) is 5.75 Å². The Morgan fingerprint density at radius 3 is 2.29 bits per heavy atom. The molecule has 2 aromatic rings. The average Bonchev–Trinajstić information content (AvgIpc) is 2.40. The van der Waals surface area contributed by atoms with Crippen molar-refractivity contribution in [3.8, 4) is 0 Å². The standard InChI is InChI=1S/C15H14ClNO3S/c1-21(19,20)10-11-6-8-12(9-7-11)15(18)17-14-5-3-2-4-13(14)16/h2-9H,10H2,1H3,(H,17,18). The molecule has 1 amide bonds. The molecule has 0 bridgehead atoms. The van der Waals surface area contributed by atoms with Crippen LogP contribution in [-0.2, 0) is 15.6 Å². The fourth-order valence-corrected chi connectivity index (χ4v) is 2.79. The summed E-state index contributed by atoms with van der Waals surface area (Å²) in [5.74, 6) is -0.339. The topological polar surface area (TPSA) is 63.2 Å². The summed E-state index contributed by atoms with van der Waals surface area (Å²) in [6.45, 7) is 0. The van der Waals surface area contributed by atoms with Crippen LogP contribution in [0.15, 0.2) is 48.5 Å². The molecule has 110 valence electrons. The predicted molar refractivity (Wildman–Crippen MR) is 84.4 cm³/mol. The summed E-state index contributed by atoms with van der Waals surface area (Å²) in [4.78, 5) is 12.1. The number of hydrogen-bond acceptors (Lipinski definition) is 3. The fourth-order valence-electron chi connectivity index (χ4n) is 1.81. The molecule has 0 unspecified atom stereocenters. The molecule has 1 N–H and O–H groups in total. The lowest BCUT2D eigenvalue weighted by molar-refractivity contribution is 0.102. The number of carbonyl (C=O) groups is 1. The van der Waals surface area contributed by atoms with Gasteiger partial charge in [-0.15, -0.1) is 0 Å². The van der Waals surface area contributed by atoms with Gasteiger partial charge in [-0.3, -0.25) is 4.79 Å². The normalized spacial score (nSPS) is 11.1. The molecule has 0 aliphatic rings. The highest BCUT2D eigenvalue weighted by molar-refractivity contribution is 7.89. The molecule has 0 fully saturated rings. The first-order valence-electron chi connectivity index (χ1n) is 6.18. The SMILES string of the molecule is CS(=O)(=O)Cc1ccc(C(=O)Nc2ccccc2Cl)cc1. The first kappa shape index (κ1) is 15.5. The molecule has 0 spiro atoms. The van der Waals surface area contributed by atoms with Crippen molar-refractivity contribution in [3.63, 3.8) is 0 Å². The van der Waals surface area contributed by atoms with E-state index in [0.717, 1.165) is 0 Å². The first-order valence-corrected chi connectivity index (χ1v) is 8.61. The lowest BCUT2D eigenvalue weighted by atomic mass is 10.1. The molecule has 0 saturated heterocycles. The third-order valence-electron chi connectivity index (χ3n) is 2.77. The van der Waals surface area contributed by atoms with Crippen molar-refractivity contribution in [3.05, 3.63) is 64.7 Å². The number of sulfone groups is 1. The van der Waals surface area contributed by atoms with Gasteiger partial charge < -0.3 is 5.32 Å². The Kier molecular flexibility index (Phi) is 4.65. The highest BCUT2D eigenvalue weighted by Crippen LogP contribution is 2.21. The Balaban J connectivity index is 2.12. The van der Waals surface area contributed by atoms with E-state index < -0.39 is 9.84 Å². The van der Waals surface area contributed by atoms with E-state index in [2.05, 4.69) is 5.32 Å². The summed E-state index contributed by atoms with van der Waals surface area (Å²) in [5.41, 5.74) is 1.61. The van der Waals surface area contributed by atoms with Crippen molar-refractivity contribution in [1.82, 2.24) is 0 Å².